The van der Waals surface area contributed by atoms with Gasteiger partial charge in [-0.15, -0.1) is 5.10 Å². The van der Waals surface area contributed by atoms with Crippen molar-refractivity contribution in [2.24, 2.45) is 0 Å². The molecule has 0 saturated carbocycles. The fourth-order valence-electron chi connectivity index (χ4n) is 1.65. The van der Waals surface area contributed by atoms with Crippen LogP contribution in [0.5, 0.6) is 0 Å². The Hall–Kier alpha value is -1.91. The highest BCUT2D eigenvalue weighted by Gasteiger charge is 2.08. The van der Waals surface area contributed by atoms with Gasteiger partial charge >= 0.3 is 5.97 Å². The van der Waals surface area contributed by atoms with E-state index in [1.165, 1.54) is 0 Å². The maximum atomic E-state index is 10.6. The molecule has 84 valence electrons. The highest BCUT2D eigenvalue weighted by atomic mass is 16.4. The molecule has 0 aliphatic carbocycles. The molecule has 0 saturated heterocycles. The SMILES string of the molecule is CC(C)n1nnc2cc(CC(=O)O)ccc21. The molecule has 0 fully saturated rings. The van der Waals surface area contributed by atoms with Crippen molar-refractivity contribution in [3.05, 3.63) is 23.8 Å². The quantitative estimate of drug-likeness (QED) is 0.852. The summed E-state index contributed by atoms with van der Waals surface area (Å²) in [4.78, 5) is 10.6. The zero-order chi connectivity index (χ0) is 11.7. The van der Waals surface area contributed by atoms with E-state index < -0.39 is 5.97 Å². The molecule has 2 aromatic rings. The maximum absolute atomic E-state index is 10.6. The average molecular weight is 219 g/mol. The number of hydrogen-bond acceptors (Lipinski definition) is 3. The van der Waals surface area contributed by atoms with Gasteiger partial charge in [0.05, 0.1) is 11.9 Å². The Balaban J connectivity index is 2.45. The molecule has 5 heteroatoms. The van der Waals surface area contributed by atoms with Crippen LogP contribution in [0, 0.1) is 0 Å². The molecule has 0 aliphatic rings. The normalized spacial score (nSPS) is 11.2. The van der Waals surface area contributed by atoms with Crippen molar-refractivity contribution in [1.82, 2.24) is 15.0 Å². The number of rotatable bonds is 3. The minimum absolute atomic E-state index is 0.0183. The lowest BCUT2D eigenvalue weighted by Crippen LogP contribution is -2.03. The number of carboxylic acid groups (broad SMARTS) is 1. The van der Waals surface area contributed by atoms with E-state index in [1.54, 1.807) is 12.1 Å². The number of aliphatic carboxylic acids is 1. The lowest BCUT2D eigenvalue weighted by atomic mass is 10.1. The van der Waals surface area contributed by atoms with Crippen LogP contribution in [0.25, 0.3) is 11.0 Å². The molecule has 1 heterocycles. The first kappa shape index (κ1) is 10.6. The second-order valence-electron chi connectivity index (χ2n) is 4.02. The standard InChI is InChI=1S/C11H13N3O2/c1-7(2)14-10-4-3-8(6-11(15)16)5-9(10)12-13-14/h3-5,7H,6H2,1-2H3,(H,15,16). The lowest BCUT2D eigenvalue weighted by Gasteiger charge is -2.05. The molecule has 0 bridgehead atoms. The number of carboxylic acids is 1. The number of nitrogens with zero attached hydrogens (tertiary/aromatic N) is 3. The monoisotopic (exact) mass is 219 g/mol. The lowest BCUT2D eigenvalue weighted by molar-refractivity contribution is -0.136. The number of aromatic nitrogens is 3. The van der Waals surface area contributed by atoms with Gasteiger partial charge in [-0.2, -0.15) is 0 Å². The Morgan fingerprint density at radius 2 is 2.25 bits per heavy atom. The Labute approximate surface area is 92.7 Å². The third-order valence-corrected chi connectivity index (χ3v) is 2.38. The smallest absolute Gasteiger partial charge is 0.307 e. The molecular formula is C11H13N3O2. The summed E-state index contributed by atoms with van der Waals surface area (Å²) in [6.07, 6.45) is 0.0183. The van der Waals surface area contributed by atoms with Gasteiger partial charge in [-0.05, 0) is 31.5 Å². The van der Waals surface area contributed by atoms with E-state index in [2.05, 4.69) is 10.3 Å². The minimum atomic E-state index is -0.837. The Morgan fingerprint density at radius 1 is 1.50 bits per heavy atom. The largest absolute Gasteiger partial charge is 0.481 e. The second kappa shape index (κ2) is 3.92. The number of hydrogen-bond donors (Lipinski definition) is 1. The van der Waals surface area contributed by atoms with E-state index in [1.807, 2.05) is 24.6 Å². The van der Waals surface area contributed by atoms with Crippen LogP contribution < -0.4 is 0 Å². The Morgan fingerprint density at radius 3 is 2.88 bits per heavy atom. The molecule has 0 atom stereocenters. The fraction of sp³-hybridized carbons (Fsp3) is 0.364. The van der Waals surface area contributed by atoms with E-state index in [-0.39, 0.29) is 12.5 Å². The van der Waals surface area contributed by atoms with Crippen molar-refractivity contribution in [2.75, 3.05) is 0 Å². The van der Waals surface area contributed by atoms with Gasteiger partial charge in [-0.1, -0.05) is 11.3 Å². The summed E-state index contributed by atoms with van der Waals surface area (Å²) in [6.45, 7) is 4.05. The summed E-state index contributed by atoms with van der Waals surface area (Å²) >= 11 is 0. The Kier molecular flexibility index (Phi) is 2.60. The van der Waals surface area contributed by atoms with Crippen LogP contribution in [0.2, 0.25) is 0 Å². The van der Waals surface area contributed by atoms with E-state index in [9.17, 15) is 4.79 Å². The van der Waals surface area contributed by atoms with Gasteiger partial charge in [0.1, 0.15) is 5.52 Å². The molecule has 0 aliphatic heterocycles. The van der Waals surface area contributed by atoms with Crippen molar-refractivity contribution < 1.29 is 9.90 Å². The predicted molar refractivity (Wildman–Crippen MR) is 59.3 cm³/mol. The van der Waals surface area contributed by atoms with Crippen LogP contribution in [-0.4, -0.2) is 26.1 Å². The first-order valence-electron chi connectivity index (χ1n) is 5.13. The maximum Gasteiger partial charge on any atom is 0.307 e. The number of benzene rings is 1. The molecule has 0 radical (unpaired) electrons. The molecule has 16 heavy (non-hydrogen) atoms. The van der Waals surface area contributed by atoms with Crippen LogP contribution in [0.15, 0.2) is 18.2 Å². The predicted octanol–water partition coefficient (Wildman–Crippen LogP) is 1.64. The van der Waals surface area contributed by atoms with Crippen LogP contribution in [0.4, 0.5) is 0 Å². The molecule has 0 spiro atoms. The highest BCUT2D eigenvalue weighted by Crippen LogP contribution is 2.17. The second-order valence-corrected chi connectivity index (χ2v) is 4.02. The number of carbonyl (C=O) groups is 1. The third kappa shape index (κ3) is 1.88. The minimum Gasteiger partial charge on any atom is -0.481 e. The summed E-state index contributed by atoms with van der Waals surface area (Å²) in [7, 11) is 0. The van der Waals surface area contributed by atoms with Gasteiger partial charge in [-0.3, -0.25) is 4.79 Å². The van der Waals surface area contributed by atoms with Crippen molar-refractivity contribution in [3.8, 4) is 0 Å². The summed E-state index contributed by atoms with van der Waals surface area (Å²) in [5, 5.41) is 16.8. The van der Waals surface area contributed by atoms with Gasteiger partial charge in [-0.25, -0.2) is 4.68 Å². The van der Waals surface area contributed by atoms with Gasteiger partial charge in [0.2, 0.25) is 0 Å². The molecule has 1 aromatic carbocycles. The summed E-state index contributed by atoms with van der Waals surface area (Å²) in [6, 6.07) is 5.69. The van der Waals surface area contributed by atoms with Crippen molar-refractivity contribution in [1.29, 1.82) is 0 Å². The van der Waals surface area contributed by atoms with E-state index >= 15 is 0 Å². The van der Waals surface area contributed by atoms with Gasteiger partial charge in [0, 0.05) is 6.04 Å². The molecule has 0 unspecified atom stereocenters. The van der Waals surface area contributed by atoms with E-state index in [0.29, 0.717) is 0 Å². The van der Waals surface area contributed by atoms with Crippen LogP contribution in [0.3, 0.4) is 0 Å². The molecule has 2 rings (SSSR count). The topological polar surface area (TPSA) is 68.0 Å². The van der Waals surface area contributed by atoms with Crippen molar-refractivity contribution >= 4 is 17.0 Å². The first-order valence-corrected chi connectivity index (χ1v) is 5.13. The fourth-order valence-corrected chi connectivity index (χ4v) is 1.65. The first-order chi connectivity index (χ1) is 7.58. The molecule has 1 N–H and O–H groups in total. The summed E-state index contributed by atoms with van der Waals surface area (Å²) in [5.41, 5.74) is 2.42. The van der Waals surface area contributed by atoms with Gasteiger partial charge in [0.15, 0.2) is 0 Å². The van der Waals surface area contributed by atoms with E-state index in [0.717, 1.165) is 16.6 Å². The molecule has 5 nitrogen and oxygen atoms in total. The van der Waals surface area contributed by atoms with Gasteiger partial charge < -0.3 is 5.11 Å². The molecular weight excluding hydrogens is 206 g/mol. The van der Waals surface area contributed by atoms with E-state index in [4.69, 9.17) is 5.11 Å². The highest BCUT2D eigenvalue weighted by molar-refractivity contribution is 5.77. The zero-order valence-electron chi connectivity index (χ0n) is 9.21. The van der Waals surface area contributed by atoms with Crippen molar-refractivity contribution in [2.45, 2.75) is 26.3 Å². The van der Waals surface area contributed by atoms with Crippen LogP contribution >= 0.6 is 0 Å². The average Bonchev–Trinajstić information content (AvgIpc) is 2.59. The van der Waals surface area contributed by atoms with Gasteiger partial charge in [0.25, 0.3) is 0 Å². The Bertz CT molecular complexity index is 531. The third-order valence-electron chi connectivity index (χ3n) is 2.38. The zero-order valence-corrected chi connectivity index (χ0v) is 9.21. The van der Waals surface area contributed by atoms with Crippen molar-refractivity contribution in [3.63, 3.8) is 0 Å². The summed E-state index contributed by atoms with van der Waals surface area (Å²) in [5.74, 6) is -0.837. The van der Waals surface area contributed by atoms with Crippen LogP contribution in [-0.2, 0) is 11.2 Å². The molecule has 0 amide bonds. The molecule has 1 aromatic heterocycles. The summed E-state index contributed by atoms with van der Waals surface area (Å²) < 4.78 is 1.82. The van der Waals surface area contributed by atoms with Crippen LogP contribution in [0.1, 0.15) is 25.5 Å². The number of fused-ring (bicyclic) bond motifs is 1.